The molecule has 0 unspecified atom stereocenters. The van der Waals surface area contributed by atoms with Gasteiger partial charge in [0.25, 0.3) is 0 Å². The quantitative estimate of drug-likeness (QED) is 0.596. The van der Waals surface area contributed by atoms with Crippen molar-refractivity contribution in [3.05, 3.63) is 41.2 Å². The lowest BCUT2D eigenvalue weighted by atomic mass is 10.0. The highest BCUT2D eigenvalue weighted by Crippen LogP contribution is 2.14. The van der Waals surface area contributed by atoms with Gasteiger partial charge in [-0.3, -0.25) is 9.59 Å². The molecule has 4 heteroatoms. The van der Waals surface area contributed by atoms with Crippen LogP contribution >= 0.6 is 0 Å². The average molecular weight is 236 g/mol. The Morgan fingerprint density at radius 2 is 2.12 bits per heavy atom. The largest absolute Gasteiger partial charge is 0.469 e. The minimum absolute atomic E-state index is 0.116. The highest BCUT2D eigenvalue weighted by molar-refractivity contribution is 5.97. The number of halogens is 1. The van der Waals surface area contributed by atoms with Crippen molar-refractivity contribution in [3.63, 3.8) is 0 Å². The van der Waals surface area contributed by atoms with Gasteiger partial charge in [0.05, 0.1) is 13.5 Å². The Balaban J connectivity index is 2.90. The van der Waals surface area contributed by atoms with Crippen LogP contribution < -0.4 is 0 Å². The fraction of sp³-hybridized carbons (Fsp3) is 0.231. The zero-order valence-corrected chi connectivity index (χ0v) is 9.70. The first kappa shape index (κ1) is 13.1. The number of carbonyl (C=O) groups excluding carboxylic acids is 2. The van der Waals surface area contributed by atoms with E-state index in [0.717, 1.165) is 0 Å². The van der Waals surface area contributed by atoms with Crippen LogP contribution in [-0.4, -0.2) is 18.9 Å². The van der Waals surface area contributed by atoms with Crippen molar-refractivity contribution in [3.8, 4) is 0 Å². The smallest absolute Gasteiger partial charge is 0.309 e. The van der Waals surface area contributed by atoms with Crippen LogP contribution in [-0.2, 0) is 9.53 Å². The molecular formula is C13H13FO3. The monoisotopic (exact) mass is 236 g/mol. The van der Waals surface area contributed by atoms with Gasteiger partial charge in [-0.15, -0.1) is 0 Å². The van der Waals surface area contributed by atoms with Crippen molar-refractivity contribution in [1.29, 1.82) is 0 Å². The number of rotatable bonds is 4. The number of methoxy groups -OCH3 is 1. The van der Waals surface area contributed by atoms with E-state index >= 15 is 0 Å². The van der Waals surface area contributed by atoms with Crippen LogP contribution in [0.15, 0.2) is 24.3 Å². The van der Waals surface area contributed by atoms with E-state index in [1.165, 1.54) is 32.2 Å². The summed E-state index contributed by atoms with van der Waals surface area (Å²) < 4.78 is 17.4. The summed E-state index contributed by atoms with van der Waals surface area (Å²) in [7, 11) is 1.30. The third-order valence-electron chi connectivity index (χ3n) is 2.20. The SMILES string of the molecule is COC(=O)CC=Cc1ccc(F)cc1C(C)=O. The number of Topliss-reactive ketones (excluding diaryl/α,β-unsaturated/α-hetero) is 1. The summed E-state index contributed by atoms with van der Waals surface area (Å²) in [4.78, 5) is 22.2. The fourth-order valence-corrected chi connectivity index (χ4v) is 1.34. The molecule has 1 aromatic rings. The third kappa shape index (κ3) is 3.83. The molecule has 0 saturated heterocycles. The Hall–Kier alpha value is -1.97. The second-order valence-corrected chi connectivity index (χ2v) is 3.47. The predicted molar refractivity (Wildman–Crippen MR) is 62.1 cm³/mol. The maximum Gasteiger partial charge on any atom is 0.309 e. The summed E-state index contributed by atoms with van der Waals surface area (Å²) in [5.74, 6) is -1.05. The summed E-state index contributed by atoms with van der Waals surface area (Å²) in [5, 5.41) is 0. The number of hydrogen-bond donors (Lipinski definition) is 0. The van der Waals surface area contributed by atoms with Crippen molar-refractivity contribution >= 4 is 17.8 Å². The summed E-state index contributed by atoms with van der Waals surface area (Å²) in [6.45, 7) is 1.37. The van der Waals surface area contributed by atoms with Crippen molar-refractivity contribution in [2.45, 2.75) is 13.3 Å². The molecular weight excluding hydrogens is 223 g/mol. The number of ketones is 1. The summed E-state index contributed by atoms with van der Waals surface area (Å²) in [6, 6.07) is 3.95. The Morgan fingerprint density at radius 3 is 2.71 bits per heavy atom. The summed E-state index contributed by atoms with van der Waals surface area (Å²) >= 11 is 0. The molecule has 0 aliphatic carbocycles. The minimum atomic E-state index is -0.458. The second kappa shape index (κ2) is 5.94. The van der Waals surface area contributed by atoms with Gasteiger partial charge < -0.3 is 4.74 Å². The van der Waals surface area contributed by atoms with Crippen LogP contribution in [0, 0.1) is 5.82 Å². The van der Waals surface area contributed by atoms with Crippen LogP contribution in [0.2, 0.25) is 0 Å². The molecule has 0 aromatic heterocycles. The molecule has 0 heterocycles. The van der Waals surface area contributed by atoms with E-state index in [1.807, 2.05) is 0 Å². The topological polar surface area (TPSA) is 43.4 Å². The van der Waals surface area contributed by atoms with E-state index < -0.39 is 5.82 Å². The number of ether oxygens (including phenoxy) is 1. The van der Waals surface area contributed by atoms with Crippen molar-refractivity contribution < 1.29 is 18.7 Å². The fourth-order valence-electron chi connectivity index (χ4n) is 1.34. The Labute approximate surface area is 98.9 Å². The van der Waals surface area contributed by atoms with E-state index in [1.54, 1.807) is 12.2 Å². The van der Waals surface area contributed by atoms with Gasteiger partial charge in [0, 0.05) is 5.56 Å². The highest BCUT2D eigenvalue weighted by atomic mass is 19.1. The number of carbonyl (C=O) groups is 2. The first-order valence-electron chi connectivity index (χ1n) is 5.08. The van der Waals surface area contributed by atoms with Crippen LogP contribution in [0.4, 0.5) is 4.39 Å². The molecule has 0 N–H and O–H groups in total. The lowest BCUT2D eigenvalue weighted by molar-refractivity contribution is -0.139. The summed E-state index contributed by atoms with van der Waals surface area (Å²) in [6.07, 6.45) is 3.30. The van der Waals surface area contributed by atoms with Gasteiger partial charge in [-0.05, 0) is 24.6 Å². The third-order valence-corrected chi connectivity index (χ3v) is 2.20. The molecule has 0 aliphatic rings. The first-order chi connectivity index (χ1) is 8.04. The van der Waals surface area contributed by atoms with E-state index in [9.17, 15) is 14.0 Å². The molecule has 1 rings (SSSR count). The molecule has 90 valence electrons. The molecule has 1 aromatic carbocycles. The van der Waals surface area contributed by atoms with Crippen molar-refractivity contribution in [1.82, 2.24) is 0 Å². The van der Waals surface area contributed by atoms with Crippen molar-refractivity contribution in [2.75, 3.05) is 7.11 Å². The number of benzene rings is 1. The van der Waals surface area contributed by atoms with Gasteiger partial charge in [0.1, 0.15) is 5.82 Å². The maximum atomic E-state index is 13.0. The average Bonchev–Trinajstić information content (AvgIpc) is 2.30. The molecule has 0 saturated carbocycles. The second-order valence-electron chi connectivity index (χ2n) is 3.47. The van der Waals surface area contributed by atoms with Gasteiger partial charge in [-0.2, -0.15) is 0 Å². The molecule has 0 atom stereocenters. The summed E-state index contributed by atoms with van der Waals surface area (Å²) in [5.41, 5.74) is 0.883. The van der Waals surface area contributed by atoms with Gasteiger partial charge in [-0.25, -0.2) is 4.39 Å². The Bertz CT molecular complexity index is 464. The van der Waals surface area contributed by atoms with E-state index in [0.29, 0.717) is 11.1 Å². The van der Waals surface area contributed by atoms with Crippen LogP contribution in [0.5, 0.6) is 0 Å². The Morgan fingerprint density at radius 1 is 1.41 bits per heavy atom. The lowest BCUT2D eigenvalue weighted by Gasteiger charge is -2.02. The molecule has 0 amide bonds. The highest BCUT2D eigenvalue weighted by Gasteiger charge is 2.06. The zero-order chi connectivity index (χ0) is 12.8. The molecule has 0 fully saturated rings. The standard InChI is InChI=1S/C13H13FO3/c1-9(15)12-8-11(14)7-6-10(12)4-3-5-13(16)17-2/h3-4,6-8H,5H2,1-2H3. The van der Waals surface area contributed by atoms with E-state index in [2.05, 4.69) is 4.74 Å². The van der Waals surface area contributed by atoms with Crippen LogP contribution in [0.1, 0.15) is 29.3 Å². The van der Waals surface area contributed by atoms with Crippen LogP contribution in [0.3, 0.4) is 0 Å². The lowest BCUT2D eigenvalue weighted by Crippen LogP contribution is -1.98. The maximum absolute atomic E-state index is 13.0. The molecule has 3 nitrogen and oxygen atoms in total. The first-order valence-corrected chi connectivity index (χ1v) is 5.08. The van der Waals surface area contributed by atoms with Gasteiger partial charge in [0.2, 0.25) is 0 Å². The zero-order valence-electron chi connectivity index (χ0n) is 9.70. The van der Waals surface area contributed by atoms with Crippen LogP contribution in [0.25, 0.3) is 6.08 Å². The van der Waals surface area contributed by atoms with E-state index in [-0.39, 0.29) is 18.2 Å². The minimum Gasteiger partial charge on any atom is -0.469 e. The molecule has 17 heavy (non-hydrogen) atoms. The predicted octanol–water partition coefficient (Wildman–Crippen LogP) is 2.60. The normalized spacial score (nSPS) is 10.5. The number of hydrogen-bond acceptors (Lipinski definition) is 3. The van der Waals surface area contributed by atoms with E-state index in [4.69, 9.17) is 0 Å². The molecule has 0 spiro atoms. The number of esters is 1. The Kier molecular flexibility index (Phi) is 4.57. The molecule has 0 radical (unpaired) electrons. The van der Waals surface area contributed by atoms with Gasteiger partial charge in [0.15, 0.2) is 5.78 Å². The molecule has 0 aliphatic heterocycles. The molecule has 0 bridgehead atoms. The van der Waals surface area contributed by atoms with Crippen molar-refractivity contribution in [2.24, 2.45) is 0 Å². The van der Waals surface area contributed by atoms with Gasteiger partial charge >= 0.3 is 5.97 Å². The van der Waals surface area contributed by atoms with Gasteiger partial charge in [-0.1, -0.05) is 18.2 Å².